The molecule has 0 fully saturated rings. The van der Waals surface area contributed by atoms with Gasteiger partial charge in [0.2, 0.25) is 0 Å². The lowest BCUT2D eigenvalue weighted by Gasteiger charge is -2.10. The Morgan fingerprint density at radius 2 is 2.00 bits per heavy atom. The summed E-state index contributed by atoms with van der Waals surface area (Å²) in [4.78, 5) is 3.66. The minimum Gasteiger partial charge on any atom is -0.503 e. The van der Waals surface area contributed by atoms with E-state index in [0.717, 1.165) is 0 Å². The fourth-order valence-electron chi connectivity index (χ4n) is 0.705. The van der Waals surface area contributed by atoms with Crippen molar-refractivity contribution in [2.45, 2.75) is 13.8 Å². The summed E-state index contributed by atoms with van der Waals surface area (Å²) in [5.41, 5.74) is -0.210. The topological polar surface area (TPSA) is 52.8 Å². The molecule has 0 aromatic heterocycles. The molecule has 60 valence electrons. The van der Waals surface area contributed by atoms with E-state index < -0.39 is 0 Å². The molecule has 3 heteroatoms. The maximum absolute atomic E-state index is 9.02. The summed E-state index contributed by atoms with van der Waals surface area (Å²) >= 11 is 0. The van der Waals surface area contributed by atoms with Crippen molar-refractivity contribution in [3.63, 3.8) is 0 Å². The van der Waals surface area contributed by atoms with Crippen LogP contribution in [0.15, 0.2) is 28.8 Å². The highest BCUT2D eigenvalue weighted by Crippen LogP contribution is 2.19. The number of hydrogen-bond acceptors (Lipinski definition) is 3. The van der Waals surface area contributed by atoms with Gasteiger partial charge in [-0.2, -0.15) is 0 Å². The summed E-state index contributed by atoms with van der Waals surface area (Å²) in [6.45, 7) is 3.86. The first kappa shape index (κ1) is 7.85. The van der Waals surface area contributed by atoms with E-state index in [1.807, 2.05) is 13.8 Å². The van der Waals surface area contributed by atoms with Crippen molar-refractivity contribution in [2.75, 3.05) is 0 Å². The van der Waals surface area contributed by atoms with Crippen LogP contribution in [0, 0.1) is 5.41 Å². The third-order valence-electron chi connectivity index (χ3n) is 1.42. The minimum atomic E-state index is -0.327. The van der Waals surface area contributed by atoms with E-state index in [1.165, 1.54) is 6.08 Å². The van der Waals surface area contributed by atoms with E-state index in [0.29, 0.717) is 0 Å². The second-order valence-electron chi connectivity index (χ2n) is 3.12. The van der Waals surface area contributed by atoms with Gasteiger partial charge in [0, 0.05) is 11.6 Å². The molecule has 3 nitrogen and oxygen atoms in total. The summed E-state index contributed by atoms with van der Waals surface area (Å²) < 4.78 is 0. The van der Waals surface area contributed by atoms with E-state index >= 15 is 0 Å². The smallest absolute Gasteiger partial charge is 0.253 e. The minimum absolute atomic E-state index is 0.188. The quantitative estimate of drug-likeness (QED) is 0.558. The van der Waals surface area contributed by atoms with Gasteiger partial charge in [0.1, 0.15) is 0 Å². The Hall–Kier alpha value is -1.25. The molecule has 0 aliphatic carbocycles. The van der Waals surface area contributed by atoms with Gasteiger partial charge in [-0.1, -0.05) is 19.9 Å². The van der Waals surface area contributed by atoms with Gasteiger partial charge >= 0.3 is 0 Å². The van der Waals surface area contributed by atoms with Gasteiger partial charge in [-0.15, -0.1) is 0 Å². The van der Waals surface area contributed by atoms with Crippen LogP contribution in [0.3, 0.4) is 0 Å². The third-order valence-corrected chi connectivity index (χ3v) is 1.42. The molecule has 0 saturated carbocycles. The second-order valence-corrected chi connectivity index (χ2v) is 3.12. The van der Waals surface area contributed by atoms with Crippen LogP contribution in [0.25, 0.3) is 0 Å². The zero-order valence-electron chi connectivity index (χ0n) is 6.57. The van der Waals surface area contributed by atoms with Crippen LogP contribution in [0.4, 0.5) is 0 Å². The van der Waals surface area contributed by atoms with Crippen LogP contribution in [-0.2, 0) is 0 Å². The summed E-state index contributed by atoms with van der Waals surface area (Å²) in [5.74, 6) is -0.515. The van der Waals surface area contributed by atoms with Crippen molar-refractivity contribution in [2.24, 2.45) is 10.4 Å². The van der Waals surface area contributed by atoms with Crippen molar-refractivity contribution in [1.82, 2.24) is 0 Å². The molecule has 11 heavy (non-hydrogen) atoms. The zero-order chi connectivity index (χ0) is 8.48. The average Bonchev–Trinajstić information content (AvgIpc) is 2.03. The first-order valence-corrected chi connectivity index (χ1v) is 3.38. The first-order chi connectivity index (χ1) is 5.01. The van der Waals surface area contributed by atoms with E-state index in [2.05, 4.69) is 4.99 Å². The van der Waals surface area contributed by atoms with Crippen molar-refractivity contribution in [3.05, 3.63) is 23.8 Å². The van der Waals surface area contributed by atoms with E-state index in [-0.39, 0.29) is 17.1 Å². The van der Waals surface area contributed by atoms with Gasteiger partial charge in [0.05, 0.1) is 0 Å². The number of aliphatic hydroxyl groups is 2. The maximum Gasteiger partial charge on any atom is 0.253 e. The van der Waals surface area contributed by atoms with Crippen molar-refractivity contribution in [3.8, 4) is 0 Å². The molecule has 0 unspecified atom stereocenters. The lowest BCUT2D eigenvalue weighted by Crippen LogP contribution is -2.07. The lowest BCUT2D eigenvalue weighted by atomic mass is 9.95. The number of aliphatic hydroxyl groups excluding tert-OH is 2. The van der Waals surface area contributed by atoms with Gasteiger partial charge < -0.3 is 10.2 Å². The summed E-state index contributed by atoms with van der Waals surface area (Å²) in [6.07, 6.45) is 4.80. The van der Waals surface area contributed by atoms with Crippen LogP contribution in [0.2, 0.25) is 0 Å². The molecule has 0 amide bonds. The summed E-state index contributed by atoms with van der Waals surface area (Å²) in [7, 11) is 0. The number of nitrogens with zero attached hydrogens (tertiary/aromatic N) is 1. The Labute approximate surface area is 65.4 Å². The van der Waals surface area contributed by atoms with Crippen LogP contribution in [0.1, 0.15) is 13.8 Å². The molecular formula is C8H11NO2. The highest BCUT2D eigenvalue weighted by Gasteiger charge is 2.14. The average molecular weight is 153 g/mol. The molecule has 0 bridgehead atoms. The molecule has 1 aliphatic rings. The molecule has 0 saturated heterocycles. The summed E-state index contributed by atoms with van der Waals surface area (Å²) in [5, 5.41) is 18.0. The molecule has 0 radical (unpaired) electrons. The largest absolute Gasteiger partial charge is 0.503 e. The van der Waals surface area contributed by atoms with E-state index in [9.17, 15) is 0 Å². The molecule has 1 rings (SSSR count). The van der Waals surface area contributed by atoms with E-state index in [4.69, 9.17) is 10.2 Å². The lowest BCUT2D eigenvalue weighted by molar-refractivity contribution is 0.336. The maximum atomic E-state index is 9.02. The monoisotopic (exact) mass is 153 g/mol. The molecular weight excluding hydrogens is 142 g/mol. The Morgan fingerprint density at radius 3 is 2.64 bits per heavy atom. The second kappa shape index (κ2) is 2.42. The molecule has 0 aromatic rings. The van der Waals surface area contributed by atoms with Crippen LogP contribution in [-0.4, -0.2) is 16.4 Å². The highest BCUT2D eigenvalue weighted by molar-refractivity contribution is 5.69. The molecule has 0 spiro atoms. The van der Waals surface area contributed by atoms with Crippen molar-refractivity contribution < 1.29 is 10.2 Å². The first-order valence-electron chi connectivity index (χ1n) is 3.38. The normalized spacial score (nSPS) is 22.0. The van der Waals surface area contributed by atoms with Gasteiger partial charge in [-0.05, 0) is 6.08 Å². The molecule has 1 aliphatic heterocycles. The fourth-order valence-corrected chi connectivity index (χ4v) is 0.705. The number of allylic oxidation sites excluding steroid dienone is 2. The fraction of sp³-hybridized carbons (Fsp3) is 0.375. The van der Waals surface area contributed by atoms with Gasteiger partial charge in [-0.25, -0.2) is 4.99 Å². The third kappa shape index (κ3) is 1.83. The molecule has 1 heterocycles. The van der Waals surface area contributed by atoms with Gasteiger partial charge in [0.15, 0.2) is 5.76 Å². The number of rotatable bonds is 0. The van der Waals surface area contributed by atoms with Crippen LogP contribution < -0.4 is 0 Å². The Balaban J connectivity index is 3.01. The van der Waals surface area contributed by atoms with Crippen LogP contribution in [0.5, 0.6) is 0 Å². The number of hydrogen-bond donors (Lipinski definition) is 2. The van der Waals surface area contributed by atoms with Gasteiger partial charge in [-0.3, -0.25) is 0 Å². The predicted octanol–water partition coefficient (Wildman–Crippen LogP) is 1.94. The Kier molecular flexibility index (Phi) is 1.72. The summed E-state index contributed by atoms with van der Waals surface area (Å²) in [6, 6.07) is 0. The molecule has 0 aromatic carbocycles. The van der Waals surface area contributed by atoms with E-state index in [1.54, 1.807) is 12.3 Å². The van der Waals surface area contributed by atoms with Crippen LogP contribution >= 0.6 is 0 Å². The molecule has 2 N–H and O–H groups in total. The Morgan fingerprint density at radius 1 is 1.36 bits per heavy atom. The van der Waals surface area contributed by atoms with Crippen molar-refractivity contribution >= 4 is 6.21 Å². The highest BCUT2D eigenvalue weighted by atomic mass is 16.3. The Bertz CT molecular complexity index is 225. The zero-order valence-corrected chi connectivity index (χ0v) is 6.57. The van der Waals surface area contributed by atoms with Gasteiger partial charge in [0.25, 0.3) is 5.88 Å². The standard InChI is InChI=1S/C8H11NO2/c1-8(2)4-3-6(10)7(11)9-5-8/h3-5,10-11H,1-2H3. The predicted molar refractivity (Wildman–Crippen MR) is 43.7 cm³/mol. The molecule has 0 atom stereocenters. The SMILES string of the molecule is CC1(C)C=CC(O)=C(O)N=C1. The van der Waals surface area contributed by atoms with Crippen molar-refractivity contribution in [1.29, 1.82) is 0 Å². The number of aliphatic imine (C=N–C) groups is 1.